The largest absolute Gasteiger partial charge is 0.372 e. The molecular formula is C19H26N4O2S. The molecular weight excluding hydrogens is 348 g/mol. The Morgan fingerprint density at radius 2 is 1.96 bits per heavy atom. The molecule has 0 saturated carbocycles. The zero-order chi connectivity index (χ0) is 18.8. The van der Waals surface area contributed by atoms with Crippen LogP contribution in [0, 0.1) is 13.8 Å². The number of aromatic nitrogens is 3. The molecule has 1 aromatic carbocycles. The lowest BCUT2D eigenvalue weighted by Gasteiger charge is -2.36. The lowest BCUT2D eigenvalue weighted by Crippen LogP contribution is -2.50. The summed E-state index contributed by atoms with van der Waals surface area (Å²) in [6.45, 7) is 11.4. The minimum Gasteiger partial charge on any atom is -0.372 e. The first-order chi connectivity index (χ1) is 12.3. The van der Waals surface area contributed by atoms with Crippen LogP contribution < -0.4 is 0 Å². The first kappa shape index (κ1) is 18.9. The van der Waals surface area contributed by atoms with E-state index in [0.29, 0.717) is 13.1 Å². The van der Waals surface area contributed by atoms with Crippen LogP contribution in [-0.4, -0.2) is 56.1 Å². The van der Waals surface area contributed by atoms with Gasteiger partial charge in [0, 0.05) is 13.1 Å². The van der Waals surface area contributed by atoms with Crippen molar-refractivity contribution in [3.05, 3.63) is 35.7 Å². The summed E-state index contributed by atoms with van der Waals surface area (Å²) in [4.78, 5) is 14.8. The van der Waals surface area contributed by atoms with Gasteiger partial charge < -0.3 is 9.64 Å². The summed E-state index contributed by atoms with van der Waals surface area (Å²) in [6, 6.07) is 6.27. The van der Waals surface area contributed by atoms with Crippen LogP contribution in [0.1, 0.15) is 31.9 Å². The number of amides is 1. The van der Waals surface area contributed by atoms with E-state index >= 15 is 0 Å². The fourth-order valence-electron chi connectivity index (χ4n) is 3.37. The van der Waals surface area contributed by atoms with Gasteiger partial charge in [0.1, 0.15) is 6.33 Å². The van der Waals surface area contributed by atoms with Crippen molar-refractivity contribution in [1.82, 2.24) is 19.7 Å². The van der Waals surface area contributed by atoms with E-state index in [1.165, 1.54) is 17.3 Å². The lowest BCUT2D eigenvalue weighted by molar-refractivity contribution is -0.142. The molecule has 2 aromatic rings. The molecule has 3 atom stereocenters. The molecule has 0 radical (unpaired) electrons. The minimum absolute atomic E-state index is 0.0683. The molecule has 3 rings (SSSR count). The predicted octanol–water partition coefficient (Wildman–Crippen LogP) is 3.00. The summed E-state index contributed by atoms with van der Waals surface area (Å²) in [6.07, 6.45) is 1.84. The van der Waals surface area contributed by atoms with E-state index in [1.807, 2.05) is 30.2 Å². The molecule has 1 amide bonds. The molecule has 7 heteroatoms. The summed E-state index contributed by atoms with van der Waals surface area (Å²) in [7, 11) is 0. The van der Waals surface area contributed by atoms with E-state index in [9.17, 15) is 4.79 Å². The Kier molecular flexibility index (Phi) is 5.67. The van der Waals surface area contributed by atoms with Crippen molar-refractivity contribution in [2.75, 3.05) is 13.1 Å². The number of hydrogen-bond acceptors (Lipinski definition) is 5. The van der Waals surface area contributed by atoms with Crippen molar-refractivity contribution < 1.29 is 9.53 Å². The van der Waals surface area contributed by atoms with Crippen LogP contribution in [0.15, 0.2) is 29.7 Å². The van der Waals surface area contributed by atoms with E-state index in [1.54, 1.807) is 6.33 Å². The Balaban J connectivity index is 1.75. The molecule has 1 aliphatic heterocycles. The highest BCUT2D eigenvalue weighted by Crippen LogP contribution is 2.27. The summed E-state index contributed by atoms with van der Waals surface area (Å²) >= 11 is 1.45. The molecule has 1 aliphatic rings. The third kappa shape index (κ3) is 4.10. The molecule has 1 aromatic heterocycles. The highest BCUT2D eigenvalue weighted by Gasteiger charge is 2.30. The van der Waals surface area contributed by atoms with Gasteiger partial charge >= 0.3 is 0 Å². The SMILES string of the molecule is Cc1ccc(-n2cnnc2S[C@@H](C)C(=O)N2C[C@@H](C)O[C@@H](C)C2)c(C)c1. The van der Waals surface area contributed by atoms with Crippen LogP contribution in [0.2, 0.25) is 0 Å². The Morgan fingerprint density at radius 1 is 1.27 bits per heavy atom. The van der Waals surface area contributed by atoms with Crippen LogP contribution in [0.4, 0.5) is 0 Å². The van der Waals surface area contributed by atoms with Crippen LogP contribution in [0.5, 0.6) is 0 Å². The first-order valence-electron chi connectivity index (χ1n) is 8.93. The fraction of sp³-hybridized carbons (Fsp3) is 0.526. The van der Waals surface area contributed by atoms with E-state index < -0.39 is 0 Å². The Bertz CT molecular complexity index is 782. The highest BCUT2D eigenvalue weighted by atomic mass is 32.2. The normalized spacial score (nSPS) is 21.7. The van der Waals surface area contributed by atoms with E-state index in [4.69, 9.17) is 4.74 Å². The fourth-order valence-corrected chi connectivity index (χ4v) is 4.29. The average Bonchev–Trinajstić information content (AvgIpc) is 3.01. The van der Waals surface area contributed by atoms with Gasteiger partial charge in [-0.05, 0) is 46.2 Å². The van der Waals surface area contributed by atoms with Crippen LogP contribution in [0.3, 0.4) is 0 Å². The van der Waals surface area contributed by atoms with E-state index in [2.05, 4.69) is 42.2 Å². The van der Waals surface area contributed by atoms with Gasteiger partial charge in [-0.3, -0.25) is 9.36 Å². The molecule has 6 nitrogen and oxygen atoms in total. The number of benzene rings is 1. The molecule has 1 fully saturated rings. The van der Waals surface area contributed by atoms with Gasteiger partial charge in [-0.1, -0.05) is 29.5 Å². The Labute approximate surface area is 158 Å². The zero-order valence-corrected chi connectivity index (χ0v) is 16.8. The topological polar surface area (TPSA) is 60.2 Å². The number of aryl methyl sites for hydroxylation is 2. The third-order valence-corrected chi connectivity index (χ3v) is 5.53. The second kappa shape index (κ2) is 7.80. The van der Waals surface area contributed by atoms with Crippen LogP contribution in [0.25, 0.3) is 5.69 Å². The number of carbonyl (C=O) groups excluding carboxylic acids is 1. The van der Waals surface area contributed by atoms with Crippen molar-refractivity contribution in [1.29, 1.82) is 0 Å². The summed E-state index contributed by atoms with van der Waals surface area (Å²) in [5, 5.41) is 8.79. The lowest BCUT2D eigenvalue weighted by atomic mass is 10.1. The summed E-state index contributed by atoms with van der Waals surface area (Å²) < 4.78 is 7.68. The molecule has 140 valence electrons. The number of morpholine rings is 1. The predicted molar refractivity (Wildman–Crippen MR) is 103 cm³/mol. The number of rotatable bonds is 4. The van der Waals surface area contributed by atoms with Crippen LogP contribution >= 0.6 is 11.8 Å². The first-order valence-corrected chi connectivity index (χ1v) is 9.81. The van der Waals surface area contributed by atoms with E-state index in [-0.39, 0.29) is 23.4 Å². The maximum Gasteiger partial charge on any atom is 0.236 e. The van der Waals surface area contributed by atoms with Crippen LogP contribution in [-0.2, 0) is 9.53 Å². The van der Waals surface area contributed by atoms with E-state index in [0.717, 1.165) is 16.4 Å². The second-order valence-corrected chi connectivity index (χ2v) is 8.34. The molecule has 0 aliphatic carbocycles. The second-order valence-electron chi connectivity index (χ2n) is 7.03. The van der Waals surface area contributed by atoms with Crippen molar-refractivity contribution in [2.45, 2.75) is 57.2 Å². The zero-order valence-electron chi connectivity index (χ0n) is 16.0. The van der Waals surface area contributed by atoms with Gasteiger partial charge in [0.15, 0.2) is 5.16 Å². The average molecular weight is 375 g/mol. The van der Waals surface area contributed by atoms with Gasteiger partial charge in [-0.25, -0.2) is 0 Å². The number of nitrogens with zero attached hydrogens (tertiary/aromatic N) is 4. The Hall–Kier alpha value is -1.86. The quantitative estimate of drug-likeness (QED) is 0.770. The number of hydrogen-bond donors (Lipinski definition) is 0. The minimum atomic E-state index is -0.235. The van der Waals surface area contributed by atoms with Gasteiger partial charge in [-0.15, -0.1) is 10.2 Å². The van der Waals surface area contributed by atoms with Gasteiger partial charge in [-0.2, -0.15) is 0 Å². The molecule has 0 unspecified atom stereocenters. The molecule has 0 spiro atoms. The Morgan fingerprint density at radius 3 is 2.62 bits per heavy atom. The number of carbonyl (C=O) groups is 1. The summed E-state index contributed by atoms with van der Waals surface area (Å²) in [5.74, 6) is 0.118. The molecule has 0 N–H and O–H groups in total. The van der Waals surface area contributed by atoms with Crippen molar-refractivity contribution in [2.24, 2.45) is 0 Å². The van der Waals surface area contributed by atoms with Gasteiger partial charge in [0.2, 0.25) is 5.91 Å². The number of thioether (sulfide) groups is 1. The third-order valence-electron chi connectivity index (χ3n) is 4.49. The maximum absolute atomic E-state index is 12.9. The monoisotopic (exact) mass is 374 g/mol. The molecule has 0 bridgehead atoms. The summed E-state index contributed by atoms with van der Waals surface area (Å²) in [5.41, 5.74) is 3.41. The molecule has 2 heterocycles. The standard InChI is InChI=1S/C19H26N4O2S/c1-12-6-7-17(13(2)8-12)23-11-20-21-19(23)26-16(5)18(24)22-9-14(3)25-15(4)10-22/h6-8,11,14-16H,9-10H2,1-5H3/t14-,15+,16-/m0/s1. The maximum atomic E-state index is 12.9. The van der Waals surface area contributed by atoms with Crippen molar-refractivity contribution in [3.63, 3.8) is 0 Å². The smallest absolute Gasteiger partial charge is 0.236 e. The van der Waals surface area contributed by atoms with Crippen molar-refractivity contribution >= 4 is 17.7 Å². The highest BCUT2D eigenvalue weighted by molar-refractivity contribution is 8.00. The van der Waals surface area contributed by atoms with Gasteiger partial charge in [0.25, 0.3) is 0 Å². The number of ether oxygens (including phenoxy) is 1. The van der Waals surface area contributed by atoms with Gasteiger partial charge in [0.05, 0.1) is 23.1 Å². The molecule has 26 heavy (non-hydrogen) atoms. The van der Waals surface area contributed by atoms with Crippen molar-refractivity contribution in [3.8, 4) is 5.69 Å². The molecule has 1 saturated heterocycles.